The Balaban J connectivity index is 0.00000364. The zero-order valence-electron chi connectivity index (χ0n) is 15.2. The van der Waals surface area contributed by atoms with E-state index in [1.165, 1.54) is 12.1 Å². The summed E-state index contributed by atoms with van der Waals surface area (Å²) in [7, 11) is -3.63. The van der Waals surface area contributed by atoms with Crippen molar-refractivity contribution in [2.45, 2.75) is 18.7 Å². The highest BCUT2D eigenvalue weighted by atomic mass is 35.5. The van der Waals surface area contributed by atoms with Gasteiger partial charge in [0.2, 0.25) is 10.0 Å². The van der Waals surface area contributed by atoms with Crippen LogP contribution >= 0.6 is 12.4 Å². The molecule has 0 heterocycles. The smallest absolute Gasteiger partial charge is 0.255 e. The Bertz CT molecular complexity index is 871. The van der Waals surface area contributed by atoms with E-state index in [1.807, 2.05) is 0 Å². The van der Waals surface area contributed by atoms with Crippen molar-refractivity contribution in [3.8, 4) is 5.75 Å². The molecular formula is C18H24ClN3O4S. The number of nitrogens with two attached hydrogens (primary N) is 1. The van der Waals surface area contributed by atoms with Crippen LogP contribution in [0.4, 0.5) is 5.69 Å². The highest BCUT2D eigenvalue weighted by molar-refractivity contribution is 7.89. The number of ether oxygens (including phenoxy) is 1. The monoisotopic (exact) mass is 413 g/mol. The third-order valence-corrected chi connectivity index (χ3v) is 5.14. The fourth-order valence-electron chi connectivity index (χ4n) is 2.30. The number of benzene rings is 2. The van der Waals surface area contributed by atoms with Crippen molar-refractivity contribution < 1.29 is 17.9 Å². The molecule has 0 bridgehead atoms. The summed E-state index contributed by atoms with van der Waals surface area (Å²) in [5, 5.41) is 2.76. The van der Waals surface area contributed by atoms with E-state index in [4.69, 9.17) is 10.5 Å². The number of anilines is 1. The molecule has 0 saturated carbocycles. The SMILES string of the molecule is CCNS(=O)(=O)c1ccc(C)c(C(=O)Nc2ccc(OCCN)cc2)c1.Cl. The summed E-state index contributed by atoms with van der Waals surface area (Å²) >= 11 is 0. The van der Waals surface area contributed by atoms with Gasteiger partial charge >= 0.3 is 0 Å². The molecule has 1 amide bonds. The number of carbonyl (C=O) groups is 1. The standard InChI is InChI=1S/C18H23N3O4S.ClH/c1-3-20-26(23,24)16-9-4-13(2)17(12-16)18(22)21-14-5-7-15(8-6-14)25-11-10-19;/h4-9,12,20H,3,10-11,19H2,1-2H3,(H,21,22);1H. The molecule has 148 valence electrons. The van der Waals surface area contributed by atoms with Crippen LogP contribution in [0.15, 0.2) is 47.4 Å². The summed E-state index contributed by atoms with van der Waals surface area (Å²) in [6.45, 7) is 4.56. The van der Waals surface area contributed by atoms with E-state index in [9.17, 15) is 13.2 Å². The van der Waals surface area contributed by atoms with Crippen molar-refractivity contribution in [2.24, 2.45) is 5.73 Å². The number of hydrogen-bond donors (Lipinski definition) is 3. The molecule has 27 heavy (non-hydrogen) atoms. The lowest BCUT2D eigenvalue weighted by Gasteiger charge is -2.11. The summed E-state index contributed by atoms with van der Waals surface area (Å²) in [5.41, 5.74) is 6.94. The molecule has 2 aromatic carbocycles. The molecule has 0 unspecified atom stereocenters. The molecule has 2 aromatic rings. The highest BCUT2D eigenvalue weighted by Gasteiger charge is 2.17. The number of aryl methyl sites for hydroxylation is 1. The number of rotatable bonds is 8. The molecule has 0 saturated heterocycles. The van der Waals surface area contributed by atoms with Gasteiger partial charge in [0.25, 0.3) is 5.91 Å². The lowest BCUT2D eigenvalue weighted by atomic mass is 10.1. The molecule has 9 heteroatoms. The molecule has 0 aliphatic rings. The first-order valence-corrected chi connectivity index (χ1v) is 9.70. The van der Waals surface area contributed by atoms with Crippen LogP contribution in [-0.2, 0) is 10.0 Å². The molecule has 0 atom stereocenters. The molecule has 2 rings (SSSR count). The second-order valence-corrected chi connectivity index (χ2v) is 7.36. The maximum Gasteiger partial charge on any atom is 0.255 e. The second kappa shape index (κ2) is 10.3. The number of hydrogen-bond acceptors (Lipinski definition) is 5. The quantitative estimate of drug-likeness (QED) is 0.615. The Kier molecular flexibility index (Phi) is 8.71. The Morgan fingerprint density at radius 3 is 2.41 bits per heavy atom. The van der Waals surface area contributed by atoms with Crippen LogP contribution in [0.2, 0.25) is 0 Å². The van der Waals surface area contributed by atoms with Crippen molar-refractivity contribution in [2.75, 3.05) is 25.0 Å². The normalized spacial score (nSPS) is 10.8. The van der Waals surface area contributed by atoms with E-state index in [0.717, 1.165) is 0 Å². The van der Waals surface area contributed by atoms with Gasteiger partial charge in [0.05, 0.1) is 4.90 Å². The van der Waals surface area contributed by atoms with Crippen LogP contribution < -0.4 is 20.5 Å². The number of amides is 1. The largest absolute Gasteiger partial charge is 0.492 e. The van der Waals surface area contributed by atoms with E-state index >= 15 is 0 Å². The van der Waals surface area contributed by atoms with E-state index in [1.54, 1.807) is 44.2 Å². The van der Waals surface area contributed by atoms with Crippen molar-refractivity contribution in [1.82, 2.24) is 4.72 Å². The topological polar surface area (TPSA) is 111 Å². The summed E-state index contributed by atoms with van der Waals surface area (Å²) in [6, 6.07) is 11.3. The molecule has 4 N–H and O–H groups in total. The zero-order valence-corrected chi connectivity index (χ0v) is 16.8. The van der Waals surface area contributed by atoms with Crippen molar-refractivity contribution in [1.29, 1.82) is 0 Å². The summed E-state index contributed by atoms with van der Waals surface area (Å²) in [5.74, 6) is 0.273. The van der Waals surface area contributed by atoms with Gasteiger partial charge in [0.1, 0.15) is 12.4 Å². The molecule has 0 aliphatic heterocycles. The van der Waals surface area contributed by atoms with Gasteiger partial charge in [-0.3, -0.25) is 4.79 Å². The van der Waals surface area contributed by atoms with Gasteiger partial charge < -0.3 is 15.8 Å². The number of nitrogens with one attached hydrogen (secondary N) is 2. The van der Waals surface area contributed by atoms with Crippen molar-refractivity contribution in [3.63, 3.8) is 0 Å². The van der Waals surface area contributed by atoms with E-state index in [0.29, 0.717) is 35.7 Å². The average molecular weight is 414 g/mol. The average Bonchev–Trinajstić information content (AvgIpc) is 2.61. The molecule has 0 radical (unpaired) electrons. The fourth-order valence-corrected chi connectivity index (χ4v) is 3.36. The van der Waals surface area contributed by atoms with Gasteiger partial charge in [-0.25, -0.2) is 13.1 Å². The Morgan fingerprint density at radius 2 is 1.81 bits per heavy atom. The minimum atomic E-state index is -3.63. The molecular weight excluding hydrogens is 390 g/mol. The first-order chi connectivity index (χ1) is 12.4. The summed E-state index contributed by atoms with van der Waals surface area (Å²) in [6.07, 6.45) is 0. The van der Waals surface area contributed by atoms with Crippen LogP contribution in [-0.4, -0.2) is 34.0 Å². The number of carbonyl (C=O) groups excluding carboxylic acids is 1. The lowest BCUT2D eigenvalue weighted by Crippen LogP contribution is -2.24. The lowest BCUT2D eigenvalue weighted by molar-refractivity contribution is 0.102. The number of halogens is 1. The molecule has 0 spiro atoms. The Morgan fingerprint density at radius 1 is 1.15 bits per heavy atom. The zero-order chi connectivity index (χ0) is 19.2. The van der Waals surface area contributed by atoms with Gasteiger partial charge in [-0.05, 0) is 48.9 Å². The van der Waals surface area contributed by atoms with E-state index in [-0.39, 0.29) is 29.8 Å². The third kappa shape index (κ3) is 6.21. The van der Waals surface area contributed by atoms with Crippen LogP contribution in [0.5, 0.6) is 5.75 Å². The molecule has 0 aliphatic carbocycles. The van der Waals surface area contributed by atoms with Crippen molar-refractivity contribution in [3.05, 3.63) is 53.6 Å². The van der Waals surface area contributed by atoms with Gasteiger partial charge in [-0.2, -0.15) is 0 Å². The van der Waals surface area contributed by atoms with E-state index in [2.05, 4.69) is 10.0 Å². The van der Waals surface area contributed by atoms with Crippen LogP contribution in [0.25, 0.3) is 0 Å². The Hall–Kier alpha value is -2.13. The summed E-state index contributed by atoms with van der Waals surface area (Å²) in [4.78, 5) is 12.6. The maximum atomic E-state index is 12.6. The predicted octanol–water partition coefficient (Wildman–Crippen LogP) is 2.30. The van der Waals surface area contributed by atoms with Crippen LogP contribution in [0.3, 0.4) is 0 Å². The second-order valence-electron chi connectivity index (χ2n) is 5.59. The molecule has 7 nitrogen and oxygen atoms in total. The number of sulfonamides is 1. The maximum absolute atomic E-state index is 12.6. The van der Waals surface area contributed by atoms with Gasteiger partial charge in [-0.1, -0.05) is 13.0 Å². The Labute approximate surface area is 165 Å². The molecule has 0 aromatic heterocycles. The predicted molar refractivity (Wildman–Crippen MR) is 108 cm³/mol. The first-order valence-electron chi connectivity index (χ1n) is 8.22. The minimum Gasteiger partial charge on any atom is -0.492 e. The van der Waals surface area contributed by atoms with Gasteiger partial charge in [-0.15, -0.1) is 12.4 Å². The first kappa shape index (κ1) is 22.9. The van der Waals surface area contributed by atoms with Crippen LogP contribution in [0, 0.1) is 6.92 Å². The fraction of sp³-hybridized carbons (Fsp3) is 0.278. The summed E-state index contributed by atoms with van der Waals surface area (Å²) < 4.78 is 32.1. The van der Waals surface area contributed by atoms with Crippen molar-refractivity contribution >= 4 is 34.0 Å². The van der Waals surface area contributed by atoms with Gasteiger partial charge in [0.15, 0.2) is 0 Å². The van der Waals surface area contributed by atoms with E-state index < -0.39 is 10.0 Å². The highest BCUT2D eigenvalue weighted by Crippen LogP contribution is 2.19. The van der Waals surface area contributed by atoms with Crippen LogP contribution in [0.1, 0.15) is 22.8 Å². The minimum absolute atomic E-state index is 0. The molecule has 0 fully saturated rings. The third-order valence-electron chi connectivity index (χ3n) is 3.60. The van der Waals surface area contributed by atoms with Gasteiger partial charge in [0, 0.05) is 24.3 Å².